The summed E-state index contributed by atoms with van der Waals surface area (Å²) in [5, 5.41) is 0. The molecule has 0 saturated heterocycles. The molecular formula is C17H21NO3. The molecule has 2 aliphatic rings. The number of nitrogens with zero attached hydrogens (tertiary/aromatic N) is 1. The van der Waals surface area contributed by atoms with Gasteiger partial charge in [0.2, 0.25) is 6.08 Å². The van der Waals surface area contributed by atoms with Gasteiger partial charge in [-0.15, -0.1) is 0 Å². The van der Waals surface area contributed by atoms with E-state index in [1.54, 1.807) is 6.08 Å². The van der Waals surface area contributed by atoms with Crippen LogP contribution < -0.4 is 9.47 Å². The Bertz CT molecular complexity index is 570. The van der Waals surface area contributed by atoms with Crippen molar-refractivity contribution in [2.24, 2.45) is 4.99 Å². The van der Waals surface area contributed by atoms with Gasteiger partial charge in [0.1, 0.15) is 0 Å². The fourth-order valence-corrected chi connectivity index (χ4v) is 3.57. The summed E-state index contributed by atoms with van der Waals surface area (Å²) < 4.78 is 11.7. The van der Waals surface area contributed by atoms with E-state index in [1.807, 2.05) is 6.07 Å². The van der Waals surface area contributed by atoms with E-state index in [-0.39, 0.29) is 0 Å². The van der Waals surface area contributed by atoms with Gasteiger partial charge >= 0.3 is 0 Å². The number of isocyanates is 1. The highest BCUT2D eigenvalue weighted by atomic mass is 16.5. The molecule has 4 nitrogen and oxygen atoms in total. The molecule has 0 amide bonds. The zero-order chi connectivity index (χ0) is 14.7. The first-order valence-electron chi connectivity index (χ1n) is 7.82. The molecule has 0 radical (unpaired) electrons. The van der Waals surface area contributed by atoms with E-state index in [4.69, 9.17) is 9.47 Å². The van der Waals surface area contributed by atoms with Crippen LogP contribution in [0, 0.1) is 0 Å². The Morgan fingerprint density at radius 1 is 1.19 bits per heavy atom. The van der Waals surface area contributed by atoms with Gasteiger partial charge in [0.15, 0.2) is 11.5 Å². The van der Waals surface area contributed by atoms with Gasteiger partial charge in [-0.25, -0.2) is 4.79 Å². The molecule has 1 aromatic carbocycles. The smallest absolute Gasteiger partial charge is 0.235 e. The minimum absolute atomic E-state index is 0.405. The summed E-state index contributed by atoms with van der Waals surface area (Å²) >= 11 is 0. The zero-order valence-corrected chi connectivity index (χ0v) is 12.5. The third kappa shape index (κ3) is 2.44. The van der Waals surface area contributed by atoms with Crippen LogP contribution in [0.1, 0.15) is 50.2 Å². The topological polar surface area (TPSA) is 47.9 Å². The fraction of sp³-hybridized carbons (Fsp3) is 0.588. The maximum Gasteiger partial charge on any atom is 0.235 e. The standard InChI is InChI=1S/C17H21NO3/c1-2-13-14(17(18-12-19)8-3-4-9-17)6-7-15-16(13)21-11-5-10-20-15/h6-7H,2-5,8-11H2,1H3. The molecule has 1 aromatic rings. The van der Waals surface area contributed by atoms with Crippen LogP contribution in [0.4, 0.5) is 0 Å². The van der Waals surface area contributed by atoms with Crippen molar-refractivity contribution in [3.63, 3.8) is 0 Å². The van der Waals surface area contributed by atoms with E-state index in [2.05, 4.69) is 18.0 Å². The third-order valence-corrected chi connectivity index (χ3v) is 4.56. The van der Waals surface area contributed by atoms with Crippen molar-refractivity contribution in [2.75, 3.05) is 13.2 Å². The summed E-state index contributed by atoms with van der Waals surface area (Å²) in [6.45, 7) is 3.47. The molecular weight excluding hydrogens is 266 g/mol. The van der Waals surface area contributed by atoms with Crippen molar-refractivity contribution in [1.29, 1.82) is 0 Å². The van der Waals surface area contributed by atoms with E-state index in [0.29, 0.717) is 13.2 Å². The molecule has 1 heterocycles. The average molecular weight is 287 g/mol. The summed E-state index contributed by atoms with van der Waals surface area (Å²) in [5.74, 6) is 1.66. The molecule has 1 aliphatic heterocycles. The molecule has 0 spiro atoms. The van der Waals surface area contributed by atoms with Crippen LogP contribution in [-0.4, -0.2) is 19.3 Å². The predicted molar refractivity (Wildman–Crippen MR) is 79.7 cm³/mol. The lowest BCUT2D eigenvalue weighted by atomic mass is 9.84. The molecule has 1 fully saturated rings. The Morgan fingerprint density at radius 2 is 1.95 bits per heavy atom. The molecule has 21 heavy (non-hydrogen) atoms. The SMILES string of the molecule is CCc1c(C2(N=C=O)CCCC2)ccc2c1OCCCO2. The first kappa shape index (κ1) is 14.2. The molecule has 0 atom stereocenters. The number of hydrogen-bond acceptors (Lipinski definition) is 4. The maximum atomic E-state index is 10.9. The Labute approximate surface area is 125 Å². The molecule has 0 unspecified atom stereocenters. The molecule has 0 aromatic heterocycles. The Balaban J connectivity index is 2.14. The largest absolute Gasteiger partial charge is 0.490 e. The summed E-state index contributed by atoms with van der Waals surface area (Å²) in [7, 11) is 0. The Hall–Kier alpha value is -1.80. The molecule has 1 saturated carbocycles. The number of aliphatic imine (C=N–C) groups is 1. The highest BCUT2D eigenvalue weighted by Gasteiger charge is 2.38. The van der Waals surface area contributed by atoms with E-state index >= 15 is 0 Å². The summed E-state index contributed by atoms with van der Waals surface area (Å²) in [5.41, 5.74) is 1.85. The fourth-order valence-electron chi connectivity index (χ4n) is 3.57. The summed E-state index contributed by atoms with van der Waals surface area (Å²) in [6.07, 6.45) is 7.56. The highest BCUT2D eigenvalue weighted by molar-refractivity contribution is 5.54. The van der Waals surface area contributed by atoms with Crippen LogP contribution in [0.3, 0.4) is 0 Å². The van der Waals surface area contributed by atoms with Crippen LogP contribution in [0.5, 0.6) is 11.5 Å². The predicted octanol–water partition coefficient (Wildman–Crippen LogP) is 3.52. The first-order chi connectivity index (χ1) is 10.3. The average Bonchev–Trinajstić information content (AvgIpc) is 2.84. The lowest BCUT2D eigenvalue weighted by Gasteiger charge is -2.27. The zero-order valence-electron chi connectivity index (χ0n) is 12.5. The van der Waals surface area contributed by atoms with Crippen LogP contribution >= 0.6 is 0 Å². The van der Waals surface area contributed by atoms with Gasteiger partial charge in [0.05, 0.1) is 18.8 Å². The van der Waals surface area contributed by atoms with E-state index in [9.17, 15) is 4.79 Å². The van der Waals surface area contributed by atoms with E-state index < -0.39 is 5.54 Å². The second kappa shape index (κ2) is 5.90. The molecule has 4 heteroatoms. The number of rotatable bonds is 3. The van der Waals surface area contributed by atoms with E-state index in [1.165, 1.54) is 0 Å². The van der Waals surface area contributed by atoms with Gasteiger partial charge in [0, 0.05) is 12.0 Å². The van der Waals surface area contributed by atoms with Gasteiger partial charge < -0.3 is 9.47 Å². The Morgan fingerprint density at radius 3 is 2.67 bits per heavy atom. The number of benzene rings is 1. The number of fused-ring (bicyclic) bond motifs is 1. The second-order valence-electron chi connectivity index (χ2n) is 5.76. The van der Waals surface area contributed by atoms with Crippen LogP contribution in [0.15, 0.2) is 17.1 Å². The molecule has 3 rings (SSSR count). The van der Waals surface area contributed by atoms with Crippen molar-refractivity contribution >= 4 is 6.08 Å². The van der Waals surface area contributed by atoms with Gasteiger partial charge in [-0.05, 0) is 30.9 Å². The van der Waals surface area contributed by atoms with Crippen molar-refractivity contribution in [3.8, 4) is 11.5 Å². The monoisotopic (exact) mass is 287 g/mol. The normalized spacial score (nSPS) is 19.7. The van der Waals surface area contributed by atoms with Crippen LogP contribution in [0.2, 0.25) is 0 Å². The van der Waals surface area contributed by atoms with Gasteiger partial charge in [-0.1, -0.05) is 25.8 Å². The minimum atomic E-state index is -0.405. The molecule has 0 N–H and O–H groups in total. The molecule has 1 aliphatic carbocycles. The lowest BCUT2D eigenvalue weighted by molar-refractivity contribution is 0.296. The van der Waals surface area contributed by atoms with E-state index in [0.717, 1.165) is 61.2 Å². The molecule has 112 valence electrons. The lowest BCUT2D eigenvalue weighted by Crippen LogP contribution is -2.21. The summed E-state index contributed by atoms with van der Waals surface area (Å²) in [4.78, 5) is 15.1. The van der Waals surface area contributed by atoms with Crippen molar-refractivity contribution in [1.82, 2.24) is 0 Å². The first-order valence-corrected chi connectivity index (χ1v) is 7.82. The van der Waals surface area contributed by atoms with Crippen LogP contribution in [-0.2, 0) is 16.8 Å². The van der Waals surface area contributed by atoms with Gasteiger partial charge in [0.25, 0.3) is 0 Å². The minimum Gasteiger partial charge on any atom is -0.490 e. The third-order valence-electron chi connectivity index (χ3n) is 4.56. The maximum absolute atomic E-state index is 10.9. The number of carbonyl (C=O) groups excluding carboxylic acids is 1. The van der Waals surface area contributed by atoms with Gasteiger partial charge in [-0.3, -0.25) is 0 Å². The summed E-state index contributed by atoms with van der Waals surface area (Å²) in [6, 6.07) is 4.04. The highest BCUT2D eigenvalue weighted by Crippen LogP contribution is 2.47. The van der Waals surface area contributed by atoms with Gasteiger partial charge in [-0.2, -0.15) is 4.99 Å². The number of hydrogen-bond donors (Lipinski definition) is 0. The second-order valence-corrected chi connectivity index (χ2v) is 5.76. The van der Waals surface area contributed by atoms with Crippen molar-refractivity contribution in [3.05, 3.63) is 23.3 Å². The number of ether oxygens (including phenoxy) is 2. The van der Waals surface area contributed by atoms with Crippen molar-refractivity contribution < 1.29 is 14.3 Å². The van der Waals surface area contributed by atoms with Crippen LogP contribution in [0.25, 0.3) is 0 Å². The van der Waals surface area contributed by atoms with Crippen molar-refractivity contribution in [2.45, 2.75) is 51.0 Å². The Kier molecular flexibility index (Phi) is 3.98. The quantitative estimate of drug-likeness (QED) is 0.631. The molecule has 0 bridgehead atoms.